The Morgan fingerprint density at radius 2 is 1.96 bits per heavy atom. The molecule has 0 bridgehead atoms. The van der Waals surface area contributed by atoms with Crippen LogP contribution in [-0.2, 0) is 6.61 Å². The first-order valence-corrected chi connectivity index (χ1v) is 8.50. The van der Waals surface area contributed by atoms with Gasteiger partial charge in [0.05, 0.1) is 35.1 Å². The summed E-state index contributed by atoms with van der Waals surface area (Å²) in [5.74, 6) is 0.395. The lowest BCUT2D eigenvalue weighted by Gasteiger charge is -2.25. The van der Waals surface area contributed by atoms with E-state index in [1.54, 1.807) is 24.4 Å². The maximum atomic E-state index is 14.4. The molecule has 0 aliphatic heterocycles. The van der Waals surface area contributed by atoms with Gasteiger partial charge < -0.3 is 9.67 Å². The summed E-state index contributed by atoms with van der Waals surface area (Å²) in [4.78, 5) is 9.01. The number of hydrogen-bond donors (Lipinski definition) is 1. The molecule has 5 heteroatoms. The Morgan fingerprint density at radius 1 is 1.17 bits per heavy atom. The lowest BCUT2D eigenvalue weighted by Crippen LogP contribution is -2.14. The highest BCUT2D eigenvalue weighted by Gasteiger charge is 2.23. The van der Waals surface area contributed by atoms with Gasteiger partial charge in [0.25, 0.3) is 0 Å². The molecule has 0 saturated heterocycles. The summed E-state index contributed by atoms with van der Waals surface area (Å²) in [6, 6.07) is 8.88. The van der Waals surface area contributed by atoms with Crippen molar-refractivity contribution in [2.75, 3.05) is 0 Å². The van der Waals surface area contributed by atoms with E-state index in [9.17, 15) is 9.50 Å². The van der Waals surface area contributed by atoms with Gasteiger partial charge in [0.2, 0.25) is 0 Å². The number of rotatable bonds is 3. The summed E-state index contributed by atoms with van der Waals surface area (Å²) in [5, 5.41) is 9.33. The quantitative estimate of drug-likeness (QED) is 0.784. The number of aliphatic hydroxyl groups is 1. The van der Waals surface area contributed by atoms with E-state index in [1.165, 1.54) is 25.3 Å². The number of imidazole rings is 1. The van der Waals surface area contributed by atoms with Crippen molar-refractivity contribution in [2.24, 2.45) is 0 Å². The van der Waals surface area contributed by atoms with Crippen molar-refractivity contribution in [3.05, 3.63) is 48.0 Å². The fourth-order valence-corrected chi connectivity index (χ4v) is 3.66. The van der Waals surface area contributed by atoms with Crippen LogP contribution in [0.4, 0.5) is 4.39 Å². The predicted octanol–water partition coefficient (Wildman–Crippen LogP) is 4.23. The van der Waals surface area contributed by atoms with E-state index in [0.29, 0.717) is 23.1 Å². The maximum Gasteiger partial charge on any atom is 0.144 e. The average Bonchev–Trinajstić information content (AvgIpc) is 3.01. The Labute approximate surface area is 140 Å². The summed E-state index contributed by atoms with van der Waals surface area (Å²) in [6.07, 6.45) is 7.54. The first-order valence-electron chi connectivity index (χ1n) is 8.50. The normalized spacial score (nSPS) is 15.9. The van der Waals surface area contributed by atoms with Crippen LogP contribution < -0.4 is 0 Å². The molecular formula is C19H20FN3O. The van der Waals surface area contributed by atoms with E-state index < -0.39 is 0 Å². The summed E-state index contributed by atoms with van der Waals surface area (Å²) >= 11 is 0. The molecule has 0 amide bonds. The van der Waals surface area contributed by atoms with Crippen molar-refractivity contribution in [1.82, 2.24) is 14.5 Å². The molecule has 1 aliphatic rings. The second kappa shape index (κ2) is 6.32. The summed E-state index contributed by atoms with van der Waals surface area (Å²) in [6.45, 7) is -0.124. The largest absolute Gasteiger partial charge is 0.390 e. The van der Waals surface area contributed by atoms with Crippen LogP contribution in [0.5, 0.6) is 0 Å². The zero-order chi connectivity index (χ0) is 16.5. The number of halogens is 1. The van der Waals surface area contributed by atoms with Crippen LogP contribution in [0.2, 0.25) is 0 Å². The van der Waals surface area contributed by atoms with Crippen LogP contribution in [0.3, 0.4) is 0 Å². The summed E-state index contributed by atoms with van der Waals surface area (Å²) in [5.41, 5.74) is 2.77. The number of hydrogen-bond acceptors (Lipinski definition) is 3. The van der Waals surface area contributed by atoms with Gasteiger partial charge in [-0.2, -0.15) is 0 Å². The van der Waals surface area contributed by atoms with E-state index >= 15 is 0 Å². The molecule has 1 N–H and O–H groups in total. The summed E-state index contributed by atoms with van der Waals surface area (Å²) < 4.78 is 16.5. The molecule has 124 valence electrons. The molecule has 0 radical (unpaired) electrons. The highest BCUT2D eigenvalue weighted by molar-refractivity contribution is 5.80. The average molecular weight is 325 g/mol. The summed E-state index contributed by atoms with van der Waals surface area (Å²) in [7, 11) is 0. The van der Waals surface area contributed by atoms with Crippen LogP contribution in [0.15, 0.2) is 36.5 Å². The first-order chi connectivity index (χ1) is 11.8. The van der Waals surface area contributed by atoms with Crippen molar-refractivity contribution in [3.8, 4) is 11.4 Å². The fraction of sp³-hybridized carbons (Fsp3) is 0.368. The highest BCUT2D eigenvalue weighted by atomic mass is 19.1. The van der Waals surface area contributed by atoms with Gasteiger partial charge in [-0.15, -0.1) is 0 Å². The van der Waals surface area contributed by atoms with E-state index in [2.05, 4.69) is 9.55 Å². The van der Waals surface area contributed by atoms with E-state index in [1.807, 2.05) is 6.07 Å². The zero-order valence-corrected chi connectivity index (χ0v) is 13.5. The Balaban J connectivity index is 1.95. The van der Waals surface area contributed by atoms with Crippen LogP contribution in [0, 0.1) is 5.82 Å². The van der Waals surface area contributed by atoms with Gasteiger partial charge >= 0.3 is 0 Å². The third kappa shape index (κ3) is 2.59. The molecule has 4 nitrogen and oxygen atoms in total. The Hall–Kier alpha value is -2.27. The molecular weight excluding hydrogens is 305 g/mol. The van der Waals surface area contributed by atoms with Crippen LogP contribution in [0.25, 0.3) is 22.4 Å². The first kappa shape index (κ1) is 15.3. The monoisotopic (exact) mass is 325 g/mol. The standard InChI is InChI=1S/C19H20FN3O/c20-16-9-5-4-8-15(16)19-22-17-10-13(12-24)21-11-18(17)23(19)14-6-2-1-3-7-14/h4-5,8-11,14,24H,1-3,6-7,12H2. The molecule has 3 aromatic rings. The fourth-order valence-electron chi connectivity index (χ4n) is 3.66. The molecule has 4 rings (SSSR count). The minimum atomic E-state index is -0.264. The van der Waals surface area contributed by atoms with Crippen molar-refractivity contribution in [3.63, 3.8) is 0 Å². The smallest absolute Gasteiger partial charge is 0.144 e. The van der Waals surface area contributed by atoms with Gasteiger partial charge in [0.1, 0.15) is 11.6 Å². The number of aromatic nitrogens is 3. The molecule has 1 saturated carbocycles. The lowest BCUT2D eigenvalue weighted by atomic mass is 9.95. The van der Waals surface area contributed by atoms with E-state index in [4.69, 9.17) is 4.98 Å². The molecule has 0 spiro atoms. The topological polar surface area (TPSA) is 50.9 Å². The molecule has 24 heavy (non-hydrogen) atoms. The molecule has 0 atom stereocenters. The molecule has 0 unspecified atom stereocenters. The van der Waals surface area contributed by atoms with E-state index in [-0.39, 0.29) is 12.4 Å². The number of fused-ring (bicyclic) bond motifs is 1. The third-order valence-electron chi connectivity index (χ3n) is 4.85. The van der Waals surface area contributed by atoms with Crippen molar-refractivity contribution in [1.29, 1.82) is 0 Å². The van der Waals surface area contributed by atoms with Crippen LogP contribution in [-0.4, -0.2) is 19.6 Å². The van der Waals surface area contributed by atoms with E-state index in [0.717, 1.165) is 23.9 Å². The third-order valence-corrected chi connectivity index (χ3v) is 4.85. The highest BCUT2D eigenvalue weighted by Crippen LogP contribution is 2.36. The van der Waals surface area contributed by atoms with Crippen molar-refractivity contribution >= 4 is 11.0 Å². The Kier molecular flexibility index (Phi) is 4.02. The second-order valence-electron chi connectivity index (χ2n) is 6.40. The number of aliphatic hydroxyl groups excluding tert-OH is 1. The molecule has 1 aromatic carbocycles. The lowest BCUT2D eigenvalue weighted by molar-refractivity contribution is 0.277. The zero-order valence-electron chi connectivity index (χ0n) is 13.5. The minimum absolute atomic E-state index is 0.124. The second-order valence-corrected chi connectivity index (χ2v) is 6.40. The van der Waals surface area contributed by atoms with Gasteiger partial charge in [-0.3, -0.25) is 4.98 Å². The predicted molar refractivity (Wildman–Crippen MR) is 91.0 cm³/mol. The number of benzene rings is 1. The molecule has 1 fully saturated rings. The van der Waals surface area contributed by atoms with Gasteiger partial charge in [-0.1, -0.05) is 31.4 Å². The number of pyridine rings is 1. The SMILES string of the molecule is OCc1cc2nc(-c3ccccc3F)n(C3CCCCC3)c2cn1. The van der Waals surface area contributed by atoms with Gasteiger partial charge in [-0.25, -0.2) is 9.37 Å². The van der Waals surface area contributed by atoms with Gasteiger partial charge in [0, 0.05) is 6.04 Å². The maximum absolute atomic E-state index is 14.4. The number of nitrogens with zero attached hydrogens (tertiary/aromatic N) is 3. The Bertz CT molecular complexity index is 868. The van der Waals surface area contributed by atoms with Gasteiger partial charge in [0.15, 0.2) is 0 Å². The van der Waals surface area contributed by atoms with Crippen molar-refractivity contribution < 1.29 is 9.50 Å². The molecule has 2 aromatic heterocycles. The van der Waals surface area contributed by atoms with Crippen molar-refractivity contribution in [2.45, 2.75) is 44.8 Å². The van der Waals surface area contributed by atoms with Crippen LogP contribution in [0.1, 0.15) is 43.8 Å². The molecule has 2 heterocycles. The Morgan fingerprint density at radius 3 is 2.71 bits per heavy atom. The van der Waals surface area contributed by atoms with Crippen LogP contribution >= 0.6 is 0 Å². The minimum Gasteiger partial charge on any atom is -0.390 e. The van der Waals surface area contributed by atoms with Gasteiger partial charge in [-0.05, 0) is 31.0 Å². The molecule has 1 aliphatic carbocycles.